The lowest BCUT2D eigenvalue weighted by atomic mass is 10.4. The second-order valence-electron chi connectivity index (χ2n) is 1.15. The Labute approximate surface area is 44.3 Å². The van der Waals surface area contributed by atoms with Crippen molar-refractivity contribution in [1.29, 1.82) is 0 Å². The fourth-order valence-corrected chi connectivity index (χ4v) is 0.707. The van der Waals surface area contributed by atoms with Crippen molar-refractivity contribution < 1.29 is 0 Å². The Kier molecular flexibility index (Phi) is 5.66. The van der Waals surface area contributed by atoms with E-state index in [9.17, 15) is 0 Å². The van der Waals surface area contributed by atoms with Crippen molar-refractivity contribution in [3.05, 3.63) is 6.42 Å². The molecule has 0 aromatic heterocycles. The van der Waals surface area contributed by atoms with Crippen LogP contribution in [0.5, 0.6) is 0 Å². The molecule has 0 aromatic carbocycles. The molecule has 0 bridgehead atoms. The summed E-state index contributed by atoms with van der Waals surface area (Å²) in [6.45, 7) is 2.16. The van der Waals surface area contributed by atoms with Crippen LogP contribution in [0.4, 0.5) is 0 Å². The molecule has 0 N–H and O–H groups in total. The summed E-state index contributed by atoms with van der Waals surface area (Å²) in [5, 5.41) is 0. The van der Waals surface area contributed by atoms with Crippen molar-refractivity contribution in [3.8, 4) is 0 Å². The van der Waals surface area contributed by atoms with Gasteiger partial charge in [-0.1, -0.05) is 13.3 Å². The number of hydrogen-bond acceptors (Lipinski definition) is 1. The Bertz CT molecular complexity index is 15.9. The summed E-state index contributed by atoms with van der Waals surface area (Å²) in [5.41, 5.74) is 0. The van der Waals surface area contributed by atoms with E-state index in [0.717, 1.165) is 0 Å². The molecule has 0 amide bonds. The first-order valence-corrected chi connectivity index (χ1v) is 3.61. The van der Waals surface area contributed by atoms with Crippen LogP contribution in [0.3, 0.4) is 0 Å². The normalized spacial score (nSPS) is 9.00. The summed E-state index contributed by atoms with van der Waals surface area (Å²) in [7, 11) is 0. The first kappa shape index (κ1) is 6.35. The average molecular weight is 103 g/mol. The van der Waals surface area contributed by atoms with Gasteiger partial charge in [-0.2, -0.15) is 11.8 Å². The molecule has 1 heteroatoms. The molecule has 0 heterocycles. The van der Waals surface area contributed by atoms with Gasteiger partial charge >= 0.3 is 0 Å². The third kappa shape index (κ3) is 4.35. The van der Waals surface area contributed by atoms with Crippen LogP contribution in [-0.4, -0.2) is 12.0 Å². The Balaban J connectivity index is 2.34. The van der Waals surface area contributed by atoms with Gasteiger partial charge in [0.2, 0.25) is 0 Å². The minimum Gasteiger partial charge on any atom is -0.165 e. The second-order valence-corrected chi connectivity index (χ2v) is 2.06. The molecule has 37 valence electrons. The standard InChI is InChI=1S/C5H11S/c1-3-4-5-6-2/h4H,3,5H2,1-2H3. The van der Waals surface area contributed by atoms with E-state index in [1.54, 1.807) is 0 Å². The number of unbranched alkanes of at least 4 members (excludes halogenated alkanes) is 1. The third-order valence-electron chi connectivity index (χ3n) is 0.573. The molecule has 0 fully saturated rings. The highest BCUT2D eigenvalue weighted by atomic mass is 32.2. The van der Waals surface area contributed by atoms with Crippen molar-refractivity contribution >= 4 is 11.8 Å². The lowest BCUT2D eigenvalue weighted by Crippen LogP contribution is -1.73. The molecule has 0 spiro atoms. The van der Waals surface area contributed by atoms with Gasteiger partial charge in [-0.15, -0.1) is 0 Å². The topological polar surface area (TPSA) is 0 Å². The minimum absolute atomic E-state index is 1.20. The molecule has 0 aromatic rings. The molecule has 0 rings (SSSR count). The molecule has 0 saturated heterocycles. The summed E-state index contributed by atoms with van der Waals surface area (Å²) in [6.07, 6.45) is 5.59. The van der Waals surface area contributed by atoms with Gasteiger partial charge in [0.15, 0.2) is 0 Å². The summed E-state index contributed by atoms with van der Waals surface area (Å²) in [5.74, 6) is 1.20. The van der Waals surface area contributed by atoms with Gasteiger partial charge in [0.1, 0.15) is 0 Å². The van der Waals surface area contributed by atoms with Gasteiger partial charge < -0.3 is 0 Å². The maximum absolute atomic E-state index is 2.27. The van der Waals surface area contributed by atoms with E-state index >= 15 is 0 Å². The maximum atomic E-state index is 2.27. The van der Waals surface area contributed by atoms with Crippen molar-refractivity contribution in [2.24, 2.45) is 0 Å². The first-order chi connectivity index (χ1) is 2.91. The Morgan fingerprint density at radius 2 is 2.33 bits per heavy atom. The van der Waals surface area contributed by atoms with E-state index in [-0.39, 0.29) is 0 Å². The van der Waals surface area contributed by atoms with E-state index in [2.05, 4.69) is 19.6 Å². The van der Waals surface area contributed by atoms with Crippen LogP contribution in [0.2, 0.25) is 0 Å². The Morgan fingerprint density at radius 3 is 2.50 bits per heavy atom. The van der Waals surface area contributed by atoms with E-state index in [1.165, 1.54) is 12.2 Å². The third-order valence-corrected chi connectivity index (χ3v) is 1.14. The lowest BCUT2D eigenvalue weighted by Gasteiger charge is -1.85. The van der Waals surface area contributed by atoms with Crippen LogP contribution >= 0.6 is 11.8 Å². The first-order valence-electron chi connectivity index (χ1n) is 2.22. The van der Waals surface area contributed by atoms with E-state index in [0.29, 0.717) is 0 Å². The lowest BCUT2D eigenvalue weighted by molar-refractivity contribution is 1.10. The summed E-state index contributed by atoms with van der Waals surface area (Å²) >= 11 is 1.87. The van der Waals surface area contributed by atoms with Crippen molar-refractivity contribution in [1.82, 2.24) is 0 Å². The predicted molar refractivity (Wildman–Crippen MR) is 33.0 cm³/mol. The van der Waals surface area contributed by atoms with Gasteiger partial charge in [-0.25, -0.2) is 0 Å². The Hall–Kier alpha value is 0.350. The molecule has 0 atom stereocenters. The van der Waals surface area contributed by atoms with Gasteiger partial charge in [-0.05, 0) is 18.4 Å². The molecule has 0 saturated carbocycles. The van der Waals surface area contributed by atoms with Crippen LogP contribution in [0.15, 0.2) is 0 Å². The average Bonchev–Trinajstić information content (AvgIpc) is 1.61. The minimum atomic E-state index is 1.20. The number of rotatable bonds is 3. The molecule has 0 unspecified atom stereocenters. The van der Waals surface area contributed by atoms with Crippen molar-refractivity contribution in [2.75, 3.05) is 12.0 Å². The molecule has 0 aliphatic heterocycles. The molecule has 0 nitrogen and oxygen atoms in total. The summed E-state index contributed by atoms with van der Waals surface area (Å²) < 4.78 is 0. The van der Waals surface area contributed by atoms with Crippen LogP contribution < -0.4 is 0 Å². The van der Waals surface area contributed by atoms with Gasteiger partial charge in [0.05, 0.1) is 0 Å². The monoisotopic (exact) mass is 103 g/mol. The van der Waals surface area contributed by atoms with Crippen molar-refractivity contribution in [3.63, 3.8) is 0 Å². The zero-order valence-corrected chi connectivity index (χ0v) is 5.22. The van der Waals surface area contributed by atoms with Crippen LogP contribution in [0.25, 0.3) is 0 Å². The maximum Gasteiger partial charge on any atom is -0.00391 e. The Morgan fingerprint density at radius 1 is 1.67 bits per heavy atom. The largest absolute Gasteiger partial charge is 0.165 e. The number of hydrogen-bond donors (Lipinski definition) is 0. The second kappa shape index (κ2) is 5.35. The SMILES string of the molecule is CC[CH]CSC. The molecular weight excluding hydrogens is 92.1 g/mol. The van der Waals surface area contributed by atoms with Gasteiger partial charge in [-0.3, -0.25) is 0 Å². The van der Waals surface area contributed by atoms with E-state index < -0.39 is 0 Å². The molecule has 0 aliphatic rings. The zero-order valence-electron chi connectivity index (χ0n) is 4.40. The van der Waals surface area contributed by atoms with Crippen LogP contribution in [0, 0.1) is 6.42 Å². The molecule has 1 radical (unpaired) electrons. The quantitative estimate of drug-likeness (QED) is 0.492. The molecule has 0 aliphatic carbocycles. The van der Waals surface area contributed by atoms with Crippen molar-refractivity contribution in [2.45, 2.75) is 13.3 Å². The highest BCUT2D eigenvalue weighted by Crippen LogP contribution is 1.95. The summed E-state index contributed by atoms with van der Waals surface area (Å²) in [6, 6.07) is 0. The number of thioether (sulfide) groups is 1. The van der Waals surface area contributed by atoms with Gasteiger partial charge in [0, 0.05) is 0 Å². The van der Waals surface area contributed by atoms with Gasteiger partial charge in [0.25, 0.3) is 0 Å². The van der Waals surface area contributed by atoms with Crippen LogP contribution in [-0.2, 0) is 0 Å². The zero-order chi connectivity index (χ0) is 4.83. The molecule has 6 heavy (non-hydrogen) atoms. The predicted octanol–water partition coefficient (Wildman–Crippen LogP) is 1.96. The fraction of sp³-hybridized carbons (Fsp3) is 0.800. The molecular formula is C5H11S. The van der Waals surface area contributed by atoms with E-state index in [1.807, 2.05) is 11.8 Å². The highest BCUT2D eigenvalue weighted by molar-refractivity contribution is 7.98. The van der Waals surface area contributed by atoms with E-state index in [4.69, 9.17) is 0 Å². The fourth-order valence-electron chi connectivity index (χ4n) is 0.236. The smallest absolute Gasteiger partial charge is 0.00391 e. The van der Waals surface area contributed by atoms with Crippen LogP contribution in [0.1, 0.15) is 13.3 Å². The highest BCUT2D eigenvalue weighted by Gasteiger charge is 1.75. The summed E-state index contributed by atoms with van der Waals surface area (Å²) in [4.78, 5) is 0.